The summed E-state index contributed by atoms with van der Waals surface area (Å²) in [5, 5.41) is 0. The van der Waals surface area contributed by atoms with Gasteiger partial charge in [-0.15, -0.1) is 0 Å². The summed E-state index contributed by atoms with van der Waals surface area (Å²) in [7, 11) is 0. The standard InChI is InChI=1S/C55H96O6/c1-4-7-10-13-16-19-22-24-26-27-29-30-33-36-39-42-45-48-54(57)60-51-52(50-59-53(56)47-44-41-38-35-32-21-18-15-12-9-6-3)61-55(58)49-46-43-40-37-34-31-28-25-23-20-17-14-11-8-5-2/h15-20,23-26,52H,4-14,21-22,27-51H2,1-3H3/b18-15-,19-16-,20-17-,25-23-,26-24-. The lowest BCUT2D eigenvalue weighted by Gasteiger charge is -2.18. The molecule has 0 aliphatic rings. The van der Waals surface area contributed by atoms with Crippen molar-refractivity contribution in [3.8, 4) is 0 Å². The van der Waals surface area contributed by atoms with Gasteiger partial charge in [-0.3, -0.25) is 14.4 Å². The second kappa shape index (κ2) is 49.8. The Labute approximate surface area is 377 Å². The molecule has 0 aromatic carbocycles. The minimum Gasteiger partial charge on any atom is -0.462 e. The number of unbranched alkanes of at least 4 members (excludes halogenated alkanes) is 26. The van der Waals surface area contributed by atoms with Crippen molar-refractivity contribution in [1.82, 2.24) is 0 Å². The van der Waals surface area contributed by atoms with Crippen LogP contribution in [0.3, 0.4) is 0 Å². The number of esters is 3. The molecule has 61 heavy (non-hydrogen) atoms. The fourth-order valence-electron chi connectivity index (χ4n) is 7.03. The van der Waals surface area contributed by atoms with E-state index in [4.69, 9.17) is 14.2 Å². The Morgan fingerprint density at radius 3 is 1.07 bits per heavy atom. The Morgan fingerprint density at radius 2 is 0.656 bits per heavy atom. The highest BCUT2D eigenvalue weighted by Gasteiger charge is 2.19. The van der Waals surface area contributed by atoms with Crippen molar-refractivity contribution >= 4 is 17.9 Å². The molecule has 0 aromatic heterocycles. The molecule has 1 atom stereocenters. The second-order valence-electron chi connectivity index (χ2n) is 17.1. The molecule has 0 fully saturated rings. The molecular formula is C55H96O6. The lowest BCUT2D eigenvalue weighted by atomic mass is 10.1. The first-order valence-corrected chi connectivity index (χ1v) is 25.8. The number of hydrogen-bond acceptors (Lipinski definition) is 6. The number of hydrogen-bond donors (Lipinski definition) is 0. The minimum absolute atomic E-state index is 0.0858. The van der Waals surface area contributed by atoms with Crippen molar-refractivity contribution in [3.05, 3.63) is 60.8 Å². The van der Waals surface area contributed by atoms with Gasteiger partial charge < -0.3 is 14.2 Å². The lowest BCUT2D eigenvalue weighted by Crippen LogP contribution is -2.30. The number of rotatable bonds is 46. The molecule has 352 valence electrons. The minimum atomic E-state index is -0.785. The molecule has 0 aromatic rings. The van der Waals surface area contributed by atoms with Gasteiger partial charge in [-0.25, -0.2) is 0 Å². The quantitative estimate of drug-likeness (QED) is 0.0200. The third kappa shape index (κ3) is 48.0. The maximum atomic E-state index is 12.8. The van der Waals surface area contributed by atoms with Crippen LogP contribution >= 0.6 is 0 Å². The van der Waals surface area contributed by atoms with Crippen LogP contribution in [-0.2, 0) is 28.6 Å². The van der Waals surface area contributed by atoms with Gasteiger partial charge >= 0.3 is 17.9 Å². The number of ether oxygens (including phenoxy) is 3. The van der Waals surface area contributed by atoms with Crippen LogP contribution in [0.5, 0.6) is 0 Å². The third-order valence-electron chi connectivity index (χ3n) is 11.0. The molecule has 0 rings (SSSR count). The van der Waals surface area contributed by atoms with E-state index >= 15 is 0 Å². The van der Waals surface area contributed by atoms with Crippen molar-refractivity contribution in [1.29, 1.82) is 0 Å². The van der Waals surface area contributed by atoms with E-state index in [1.54, 1.807) is 0 Å². The number of carbonyl (C=O) groups excluding carboxylic acids is 3. The fraction of sp³-hybridized carbons (Fsp3) is 0.764. The molecule has 0 bridgehead atoms. The highest BCUT2D eigenvalue weighted by molar-refractivity contribution is 5.71. The largest absolute Gasteiger partial charge is 0.462 e. The van der Waals surface area contributed by atoms with Crippen LogP contribution in [-0.4, -0.2) is 37.2 Å². The summed E-state index contributed by atoms with van der Waals surface area (Å²) in [4.78, 5) is 37.9. The van der Waals surface area contributed by atoms with Gasteiger partial charge in [0, 0.05) is 19.3 Å². The fourth-order valence-corrected chi connectivity index (χ4v) is 7.03. The highest BCUT2D eigenvalue weighted by Crippen LogP contribution is 2.14. The first-order valence-electron chi connectivity index (χ1n) is 25.8. The summed E-state index contributed by atoms with van der Waals surface area (Å²) in [5.74, 6) is -0.912. The van der Waals surface area contributed by atoms with E-state index in [-0.39, 0.29) is 31.1 Å². The zero-order valence-corrected chi connectivity index (χ0v) is 40.2. The first-order chi connectivity index (χ1) is 30.0. The van der Waals surface area contributed by atoms with Gasteiger partial charge in [0.2, 0.25) is 0 Å². The molecule has 6 nitrogen and oxygen atoms in total. The summed E-state index contributed by atoms with van der Waals surface area (Å²) in [5.41, 5.74) is 0. The Balaban J connectivity index is 4.39. The van der Waals surface area contributed by atoms with Crippen molar-refractivity contribution in [3.63, 3.8) is 0 Å². The van der Waals surface area contributed by atoms with Crippen molar-refractivity contribution in [2.45, 2.75) is 258 Å². The van der Waals surface area contributed by atoms with Gasteiger partial charge in [0.05, 0.1) is 0 Å². The molecule has 0 heterocycles. The predicted molar refractivity (Wildman–Crippen MR) is 261 cm³/mol. The summed E-state index contributed by atoms with van der Waals surface area (Å²) >= 11 is 0. The molecule has 0 saturated heterocycles. The second-order valence-corrected chi connectivity index (χ2v) is 17.1. The van der Waals surface area contributed by atoms with Crippen LogP contribution in [0.15, 0.2) is 60.8 Å². The molecule has 0 aliphatic heterocycles. The van der Waals surface area contributed by atoms with Crippen molar-refractivity contribution in [2.24, 2.45) is 0 Å². The van der Waals surface area contributed by atoms with Crippen LogP contribution < -0.4 is 0 Å². The van der Waals surface area contributed by atoms with Gasteiger partial charge in [-0.2, -0.15) is 0 Å². The first kappa shape index (κ1) is 58.1. The van der Waals surface area contributed by atoms with Gasteiger partial charge in [0.25, 0.3) is 0 Å². The molecule has 0 radical (unpaired) electrons. The summed E-state index contributed by atoms with van der Waals surface area (Å²) < 4.78 is 16.8. The van der Waals surface area contributed by atoms with Gasteiger partial charge in [-0.1, -0.05) is 197 Å². The van der Waals surface area contributed by atoms with Crippen molar-refractivity contribution in [2.75, 3.05) is 13.2 Å². The summed E-state index contributed by atoms with van der Waals surface area (Å²) in [6.45, 7) is 6.52. The average molecular weight is 853 g/mol. The molecule has 0 spiro atoms. The van der Waals surface area contributed by atoms with Gasteiger partial charge in [0.15, 0.2) is 6.10 Å². The van der Waals surface area contributed by atoms with Crippen LogP contribution in [0.4, 0.5) is 0 Å². The van der Waals surface area contributed by atoms with Crippen LogP contribution in [0.2, 0.25) is 0 Å². The Hall–Kier alpha value is -2.89. The Kier molecular flexibility index (Phi) is 47.4. The molecule has 6 heteroatoms. The third-order valence-corrected chi connectivity index (χ3v) is 11.0. The topological polar surface area (TPSA) is 78.9 Å². The molecular weight excluding hydrogens is 757 g/mol. The van der Waals surface area contributed by atoms with E-state index in [9.17, 15) is 14.4 Å². The van der Waals surface area contributed by atoms with Gasteiger partial charge in [-0.05, 0) is 96.3 Å². The molecule has 0 aliphatic carbocycles. The smallest absolute Gasteiger partial charge is 0.306 e. The zero-order valence-electron chi connectivity index (χ0n) is 40.2. The van der Waals surface area contributed by atoms with Crippen molar-refractivity contribution < 1.29 is 28.6 Å². The van der Waals surface area contributed by atoms with Gasteiger partial charge in [0.1, 0.15) is 13.2 Å². The van der Waals surface area contributed by atoms with Crippen LogP contribution in [0.25, 0.3) is 0 Å². The molecule has 0 amide bonds. The van der Waals surface area contributed by atoms with E-state index in [0.717, 1.165) is 89.9 Å². The monoisotopic (exact) mass is 853 g/mol. The molecule has 1 unspecified atom stereocenters. The lowest BCUT2D eigenvalue weighted by molar-refractivity contribution is -0.167. The van der Waals surface area contributed by atoms with E-state index in [1.165, 1.54) is 122 Å². The maximum absolute atomic E-state index is 12.8. The summed E-state index contributed by atoms with van der Waals surface area (Å²) in [6, 6.07) is 0. The normalized spacial score (nSPS) is 12.5. The Morgan fingerprint density at radius 1 is 0.344 bits per heavy atom. The average Bonchev–Trinajstić information content (AvgIpc) is 3.26. The van der Waals surface area contributed by atoms with E-state index < -0.39 is 6.10 Å². The number of carbonyl (C=O) groups is 3. The van der Waals surface area contributed by atoms with E-state index in [1.807, 2.05) is 0 Å². The van der Waals surface area contributed by atoms with Crippen LogP contribution in [0, 0.1) is 0 Å². The SMILES string of the molecule is CCCC/C=C\CCCCCCCC(=O)OCC(COC(=O)CCCCCCCCC/C=C\C/C=C\CCCCC)OC(=O)CCCCCCCC/C=C\C=C/CCCCC. The predicted octanol–water partition coefficient (Wildman–Crippen LogP) is 16.9. The van der Waals surface area contributed by atoms with E-state index in [2.05, 4.69) is 81.5 Å². The zero-order chi connectivity index (χ0) is 44.4. The highest BCUT2D eigenvalue weighted by atomic mass is 16.6. The maximum Gasteiger partial charge on any atom is 0.306 e. The molecule has 0 saturated carbocycles. The van der Waals surface area contributed by atoms with E-state index in [0.29, 0.717) is 19.3 Å². The number of allylic oxidation sites excluding steroid dienone is 10. The molecule has 0 N–H and O–H groups in total. The Bertz CT molecular complexity index is 1120. The van der Waals surface area contributed by atoms with Crippen LogP contribution in [0.1, 0.15) is 252 Å². The summed E-state index contributed by atoms with van der Waals surface area (Å²) in [6.07, 6.45) is 60.5.